The van der Waals surface area contributed by atoms with Gasteiger partial charge in [0.05, 0.1) is 17.6 Å². The van der Waals surface area contributed by atoms with Gasteiger partial charge in [0.2, 0.25) is 0 Å². The van der Waals surface area contributed by atoms with E-state index < -0.39 is 12.0 Å². The number of aliphatic carboxylic acids is 1. The first-order valence-corrected chi connectivity index (χ1v) is 7.58. The van der Waals surface area contributed by atoms with Gasteiger partial charge in [0.15, 0.2) is 0 Å². The average Bonchev–Trinajstić information content (AvgIpc) is 3.24. The van der Waals surface area contributed by atoms with Crippen molar-refractivity contribution in [3.05, 3.63) is 41.2 Å². The molecule has 7 heteroatoms. The normalized spacial score (nSPS) is 16.0. The van der Waals surface area contributed by atoms with Gasteiger partial charge in [-0.2, -0.15) is 0 Å². The highest BCUT2D eigenvalue weighted by Crippen LogP contribution is 2.30. The van der Waals surface area contributed by atoms with Crippen molar-refractivity contribution in [3.63, 3.8) is 0 Å². The molecule has 1 saturated carbocycles. The Kier molecular flexibility index (Phi) is 4.13. The third kappa shape index (κ3) is 3.28. The van der Waals surface area contributed by atoms with E-state index in [0.29, 0.717) is 17.6 Å². The summed E-state index contributed by atoms with van der Waals surface area (Å²) in [7, 11) is 0. The smallest absolute Gasteiger partial charge is 0.320 e. The van der Waals surface area contributed by atoms with E-state index in [9.17, 15) is 9.90 Å². The quantitative estimate of drug-likeness (QED) is 0.884. The minimum absolute atomic E-state index is 0.340. The fraction of sp³-hybridized carbons (Fsp3) is 0.400. The SMILES string of the molecule is CC(C(=O)O)N(Cc1cn(-c2ccc(Cl)cc2)nn1)C1CC1. The molecule has 1 N–H and O–H groups in total. The lowest BCUT2D eigenvalue weighted by molar-refractivity contribution is -0.143. The maximum atomic E-state index is 11.2. The molecule has 3 rings (SSSR count). The molecule has 116 valence electrons. The molecular weight excluding hydrogens is 304 g/mol. The van der Waals surface area contributed by atoms with Crippen molar-refractivity contribution in [1.29, 1.82) is 0 Å². The number of benzene rings is 1. The van der Waals surface area contributed by atoms with Gasteiger partial charge in [0.25, 0.3) is 0 Å². The number of halogens is 1. The largest absolute Gasteiger partial charge is 0.480 e. The highest BCUT2D eigenvalue weighted by Gasteiger charge is 2.35. The first kappa shape index (κ1) is 15.0. The van der Waals surface area contributed by atoms with Crippen LogP contribution < -0.4 is 0 Å². The number of hydrogen-bond donors (Lipinski definition) is 1. The molecule has 1 unspecified atom stereocenters. The Labute approximate surface area is 133 Å². The molecule has 0 spiro atoms. The van der Waals surface area contributed by atoms with Crippen LogP contribution in [-0.2, 0) is 11.3 Å². The third-order valence-corrected chi connectivity index (χ3v) is 4.10. The van der Waals surface area contributed by atoms with Crippen molar-refractivity contribution in [3.8, 4) is 5.69 Å². The van der Waals surface area contributed by atoms with Crippen molar-refractivity contribution < 1.29 is 9.90 Å². The number of carboxylic acids is 1. The van der Waals surface area contributed by atoms with E-state index in [1.807, 2.05) is 23.2 Å². The second-order valence-electron chi connectivity index (χ2n) is 5.55. The third-order valence-electron chi connectivity index (χ3n) is 3.85. The van der Waals surface area contributed by atoms with Crippen LogP contribution in [0.2, 0.25) is 5.02 Å². The molecule has 0 amide bonds. The summed E-state index contributed by atoms with van der Waals surface area (Å²) in [6, 6.07) is 7.13. The molecule has 1 heterocycles. The minimum Gasteiger partial charge on any atom is -0.480 e. The molecule has 1 aliphatic carbocycles. The molecule has 1 atom stereocenters. The zero-order chi connectivity index (χ0) is 15.7. The highest BCUT2D eigenvalue weighted by atomic mass is 35.5. The van der Waals surface area contributed by atoms with Gasteiger partial charge in [-0.15, -0.1) is 5.10 Å². The molecule has 0 saturated heterocycles. The first-order chi connectivity index (χ1) is 10.5. The number of rotatable bonds is 6. The van der Waals surface area contributed by atoms with Crippen molar-refractivity contribution in [2.45, 2.75) is 38.4 Å². The Morgan fingerprint density at radius 1 is 1.45 bits per heavy atom. The molecule has 0 aliphatic heterocycles. The number of nitrogens with zero attached hydrogens (tertiary/aromatic N) is 4. The fourth-order valence-electron chi connectivity index (χ4n) is 2.41. The van der Waals surface area contributed by atoms with E-state index in [1.54, 1.807) is 23.7 Å². The fourth-order valence-corrected chi connectivity index (χ4v) is 2.53. The molecule has 1 aromatic carbocycles. The van der Waals surface area contributed by atoms with E-state index in [-0.39, 0.29) is 0 Å². The lowest BCUT2D eigenvalue weighted by Crippen LogP contribution is -2.40. The Morgan fingerprint density at radius 2 is 2.14 bits per heavy atom. The van der Waals surface area contributed by atoms with Crippen LogP contribution in [0, 0.1) is 0 Å². The van der Waals surface area contributed by atoms with E-state index in [1.165, 1.54) is 0 Å². The van der Waals surface area contributed by atoms with Crippen LogP contribution in [-0.4, -0.2) is 43.1 Å². The van der Waals surface area contributed by atoms with Gasteiger partial charge in [-0.1, -0.05) is 16.8 Å². The van der Waals surface area contributed by atoms with Crippen LogP contribution >= 0.6 is 11.6 Å². The number of carboxylic acid groups (broad SMARTS) is 1. The van der Waals surface area contributed by atoms with E-state index in [2.05, 4.69) is 10.3 Å². The summed E-state index contributed by atoms with van der Waals surface area (Å²) < 4.78 is 1.67. The molecule has 1 aliphatic rings. The summed E-state index contributed by atoms with van der Waals surface area (Å²) in [5.74, 6) is -0.808. The van der Waals surface area contributed by atoms with Gasteiger partial charge >= 0.3 is 5.97 Å². The summed E-state index contributed by atoms with van der Waals surface area (Å²) >= 11 is 5.87. The highest BCUT2D eigenvalue weighted by molar-refractivity contribution is 6.30. The maximum absolute atomic E-state index is 11.2. The van der Waals surface area contributed by atoms with Crippen molar-refractivity contribution >= 4 is 17.6 Å². The molecule has 6 nitrogen and oxygen atoms in total. The summed E-state index contributed by atoms with van der Waals surface area (Å²) in [5.41, 5.74) is 1.63. The summed E-state index contributed by atoms with van der Waals surface area (Å²) in [5, 5.41) is 18.1. The standard InChI is InChI=1S/C15H17ClN4O2/c1-10(15(21)22)19(13-6-7-13)8-12-9-20(18-17-12)14-4-2-11(16)3-5-14/h2-5,9-10,13H,6-8H2,1H3,(H,21,22). The van der Waals surface area contributed by atoms with Gasteiger partial charge in [-0.3, -0.25) is 9.69 Å². The van der Waals surface area contributed by atoms with Crippen molar-refractivity contribution in [2.24, 2.45) is 0 Å². The monoisotopic (exact) mass is 320 g/mol. The number of hydrogen-bond acceptors (Lipinski definition) is 4. The minimum atomic E-state index is -0.808. The van der Waals surface area contributed by atoms with Crippen molar-refractivity contribution in [1.82, 2.24) is 19.9 Å². The topological polar surface area (TPSA) is 71.2 Å². The summed E-state index contributed by atoms with van der Waals surface area (Å²) in [4.78, 5) is 13.2. The first-order valence-electron chi connectivity index (χ1n) is 7.20. The van der Waals surface area contributed by atoms with Crippen LogP contribution in [0.25, 0.3) is 5.69 Å². The Morgan fingerprint density at radius 3 is 2.73 bits per heavy atom. The Hall–Kier alpha value is -1.92. The zero-order valence-electron chi connectivity index (χ0n) is 12.2. The van der Waals surface area contributed by atoms with Gasteiger partial charge in [-0.25, -0.2) is 4.68 Å². The molecule has 1 fully saturated rings. The number of aromatic nitrogens is 3. The summed E-state index contributed by atoms with van der Waals surface area (Å²) in [6.07, 6.45) is 3.92. The van der Waals surface area contributed by atoms with E-state index in [4.69, 9.17) is 11.6 Å². The second-order valence-corrected chi connectivity index (χ2v) is 5.99. The number of carbonyl (C=O) groups is 1. The molecule has 0 bridgehead atoms. The average molecular weight is 321 g/mol. The molecule has 0 radical (unpaired) electrons. The lowest BCUT2D eigenvalue weighted by atomic mass is 10.2. The van der Waals surface area contributed by atoms with Crippen LogP contribution in [0.4, 0.5) is 0 Å². The Bertz CT molecular complexity index is 666. The van der Waals surface area contributed by atoms with E-state index in [0.717, 1.165) is 24.2 Å². The zero-order valence-corrected chi connectivity index (χ0v) is 12.9. The maximum Gasteiger partial charge on any atom is 0.320 e. The lowest BCUT2D eigenvalue weighted by Gasteiger charge is -2.24. The van der Waals surface area contributed by atoms with Gasteiger partial charge in [-0.05, 0) is 44.0 Å². The predicted octanol–water partition coefficient (Wildman–Crippen LogP) is 2.36. The van der Waals surface area contributed by atoms with Crippen LogP contribution in [0.5, 0.6) is 0 Å². The molecule has 22 heavy (non-hydrogen) atoms. The van der Waals surface area contributed by atoms with Crippen LogP contribution in [0.3, 0.4) is 0 Å². The Balaban J connectivity index is 1.75. The molecular formula is C15H17ClN4O2. The van der Waals surface area contributed by atoms with Crippen LogP contribution in [0.1, 0.15) is 25.5 Å². The summed E-state index contributed by atoms with van der Waals surface area (Å²) in [6.45, 7) is 2.20. The molecule has 2 aromatic rings. The van der Waals surface area contributed by atoms with Gasteiger partial charge in [0.1, 0.15) is 6.04 Å². The van der Waals surface area contributed by atoms with E-state index >= 15 is 0 Å². The second kappa shape index (κ2) is 6.06. The van der Waals surface area contributed by atoms with Gasteiger partial charge in [0, 0.05) is 17.6 Å². The van der Waals surface area contributed by atoms with Gasteiger partial charge < -0.3 is 5.11 Å². The van der Waals surface area contributed by atoms with Crippen LogP contribution in [0.15, 0.2) is 30.5 Å². The molecule has 1 aromatic heterocycles. The van der Waals surface area contributed by atoms with Crippen molar-refractivity contribution in [2.75, 3.05) is 0 Å². The predicted molar refractivity (Wildman–Crippen MR) is 82.0 cm³/mol.